The van der Waals surface area contributed by atoms with Crippen molar-refractivity contribution >= 4 is 5.91 Å². The van der Waals surface area contributed by atoms with Gasteiger partial charge in [0.05, 0.1) is 0 Å². The molecule has 0 aliphatic carbocycles. The van der Waals surface area contributed by atoms with Crippen LogP contribution >= 0.6 is 0 Å². The van der Waals surface area contributed by atoms with E-state index in [2.05, 4.69) is 5.32 Å². The number of nitrogens with one attached hydrogen (secondary N) is 1. The number of rotatable bonds is 3. The summed E-state index contributed by atoms with van der Waals surface area (Å²) in [7, 11) is 3.93. The van der Waals surface area contributed by atoms with E-state index in [-0.39, 0.29) is 11.4 Å². The Kier molecular flexibility index (Phi) is 4.24. The lowest BCUT2D eigenvalue weighted by atomic mass is 10.1. The fraction of sp³-hybridized carbons (Fsp3) is 0.889. The Hall–Kier alpha value is -0.570. The molecule has 0 aromatic rings. The summed E-state index contributed by atoms with van der Waals surface area (Å²) in [6.45, 7) is 6.77. The van der Waals surface area contributed by atoms with Gasteiger partial charge in [-0.3, -0.25) is 4.79 Å². The van der Waals surface area contributed by atoms with Gasteiger partial charge in [0.1, 0.15) is 0 Å². The molecule has 0 aliphatic rings. The second kappa shape index (κ2) is 4.45. The molecule has 0 fully saturated rings. The molecule has 0 aliphatic heterocycles. The molecule has 0 unspecified atom stereocenters. The molecular formula is C9H20N2O. The van der Waals surface area contributed by atoms with Crippen molar-refractivity contribution in [1.82, 2.24) is 10.2 Å². The number of hydrogen-bond acceptors (Lipinski definition) is 2. The van der Waals surface area contributed by atoms with Crippen molar-refractivity contribution in [2.24, 2.45) is 0 Å². The van der Waals surface area contributed by atoms with Crippen molar-refractivity contribution in [3.63, 3.8) is 0 Å². The van der Waals surface area contributed by atoms with Crippen LogP contribution in [0.15, 0.2) is 0 Å². The Bertz CT molecular complexity index is 147. The molecule has 0 aromatic carbocycles. The Labute approximate surface area is 75.1 Å². The van der Waals surface area contributed by atoms with Crippen molar-refractivity contribution in [2.45, 2.75) is 32.7 Å². The highest BCUT2D eigenvalue weighted by atomic mass is 16.1. The van der Waals surface area contributed by atoms with E-state index in [1.54, 1.807) is 0 Å². The average Bonchev–Trinajstić information content (AvgIpc) is 1.79. The largest absolute Gasteiger partial charge is 0.351 e. The third-order valence-electron chi connectivity index (χ3n) is 1.30. The lowest BCUT2D eigenvalue weighted by Gasteiger charge is -2.21. The Balaban J connectivity index is 3.61. The molecule has 1 amide bonds. The Morgan fingerprint density at radius 3 is 2.17 bits per heavy atom. The quantitative estimate of drug-likeness (QED) is 0.684. The number of amides is 1. The maximum Gasteiger partial charge on any atom is 0.221 e. The van der Waals surface area contributed by atoms with Crippen LogP contribution < -0.4 is 5.32 Å². The minimum Gasteiger partial charge on any atom is -0.351 e. The monoisotopic (exact) mass is 172 g/mol. The third-order valence-corrected chi connectivity index (χ3v) is 1.30. The number of carbonyl (C=O) groups excluding carboxylic acids is 1. The van der Waals surface area contributed by atoms with Crippen LogP contribution in [0.25, 0.3) is 0 Å². The van der Waals surface area contributed by atoms with E-state index in [4.69, 9.17) is 0 Å². The maximum absolute atomic E-state index is 11.2. The smallest absolute Gasteiger partial charge is 0.221 e. The van der Waals surface area contributed by atoms with Gasteiger partial charge in [-0.25, -0.2) is 0 Å². The lowest BCUT2D eigenvalue weighted by Crippen LogP contribution is -2.41. The van der Waals surface area contributed by atoms with Gasteiger partial charge in [0.2, 0.25) is 5.91 Å². The number of carbonyl (C=O) groups is 1. The third kappa shape index (κ3) is 7.54. The van der Waals surface area contributed by atoms with Crippen LogP contribution in [-0.2, 0) is 4.79 Å². The average molecular weight is 172 g/mol. The second-order valence-corrected chi connectivity index (χ2v) is 4.35. The zero-order valence-corrected chi connectivity index (χ0v) is 8.77. The van der Waals surface area contributed by atoms with Crippen LogP contribution in [0.5, 0.6) is 0 Å². The summed E-state index contributed by atoms with van der Waals surface area (Å²) >= 11 is 0. The predicted octanol–water partition coefficient (Wildman–Crippen LogP) is 0.853. The molecule has 0 rings (SSSR count). The Morgan fingerprint density at radius 1 is 1.33 bits per heavy atom. The maximum atomic E-state index is 11.2. The van der Waals surface area contributed by atoms with Gasteiger partial charge in [-0.2, -0.15) is 0 Å². The van der Waals surface area contributed by atoms with E-state index in [0.717, 1.165) is 6.54 Å². The van der Waals surface area contributed by atoms with E-state index in [1.807, 2.05) is 39.8 Å². The zero-order chi connectivity index (χ0) is 9.78. The molecule has 0 saturated carbocycles. The molecule has 72 valence electrons. The standard InChI is InChI=1S/C9H20N2O/c1-9(2,3)10-8(12)6-7-11(4)5/h6-7H2,1-5H3,(H,10,12). The fourth-order valence-electron chi connectivity index (χ4n) is 0.806. The number of nitrogens with zero attached hydrogens (tertiary/aromatic N) is 1. The molecule has 12 heavy (non-hydrogen) atoms. The topological polar surface area (TPSA) is 32.3 Å². The second-order valence-electron chi connectivity index (χ2n) is 4.35. The van der Waals surface area contributed by atoms with Gasteiger partial charge in [-0.1, -0.05) is 0 Å². The van der Waals surface area contributed by atoms with Gasteiger partial charge in [0.15, 0.2) is 0 Å². The molecule has 3 nitrogen and oxygen atoms in total. The summed E-state index contributed by atoms with van der Waals surface area (Å²) in [5.41, 5.74) is -0.108. The highest BCUT2D eigenvalue weighted by Crippen LogP contribution is 1.98. The molecule has 0 saturated heterocycles. The zero-order valence-electron chi connectivity index (χ0n) is 8.77. The van der Waals surface area contributed by atoms with E-state index < -0.39 is 0 Å². The summed E-state index contributed by atoms with van der Waals surface area (Å²) in [6, 6.07) is 0. The molecule has 3 heteroatoms. The SMILES string of the molecule is CN(C)CCC(=O)NC(C)(C)C. The fourth-order valence-corrected chi connectivity index (χ4v) is 0.806. The van der Waals surface area contributed by atoms with E-state index in [1.165, 1.54) is 0 Å². The molecule has 0 bridgehead atoms. The van der Waals surface area contributed by atoms with Crippen LogP contribution in [0.3, 0.4) is 0 Å². The van der Waals surface area contributed by atoms with Crippen LogP contribution in [0.4, 0.5) is 0 Å². The van der Waals surface area contributed by atoms with E-state index in [9.17, 15) is 4.79 Å². The molecule has 0 aromatic heterocycles. The summed E-state index contributed by atoms with van der Waals surface area (Å²) < 4.78 is 0. The minimum absolute atomic E-state index is 0.108. The van der Waals surface area contributed by atoms with Gasteiger partial charge >= 0.3 is 0 Å². The summed E-state index contributed by atoms with van der Waals surface area (Å²) in [5.74, 6) is 0.121. The highest BCUT2D eigenvalue weighted by molar-refractivity contribution is 5.76. The van der Waals surface area contributed by atoms with Crippen molar-refractivity contribution < 1.29 is 4.79 Å². The molecule has 0 heterocycles. The summed E-state index contributed by atoms with van der Waals surface area (Å²) in [4.78, 5) is 13.2. The predicted molar refractivity (Wildman–Crippen MR) is 51.1 cm³/mol. The van der Waals surface area contributed by atoms with Crippen LogP contribution in [0.1, 0.15) is 27.2 Å². The summed E-state index contributed by atoms with van der Waals surface area (Å²) in [6.07, 6.45) is 0.574. The molecule has 0 radical (unpaired) electrons. The van der Waals surface area contributed by atoms with E-state index in [0.29, 0.717) is 6.42 Å². The van der Waals surface area contributed by atoms with E-state index >= 15 is 0 Å². The van der Waals surface area contributed by atoms with Gasteiger partial charge in [-0.15, -0.1) is 0 Å². The first-order chi connectivity index (χ1) is 5.31. The van der Waals surface area contributed by atoms with Crippen LogP contribution in [0, 0.1) is 0 Å². The molecule has 0 atom stereocenters. The normalized spacial score (nSPS) is 11.8. The van der Waals surface area contributed by atoms with Crippen molar-refractivity contribution in [3.05, 3.63) is 0 Å². The van der Waals surface area contributed by atoms with Gasteiger partial charge in [-0.05, 0) is 34.9 Å². The van der Waals surface area contributed by atoms with Crippen molar-refractivity contribution in [2.75, 3.05) is 20.6 Å². The van der Waals surface area contributed by atoms with Crippen LogP contribution in [0.2, 0.25) is 0 Å². The first-order valence-corrected chi connectivity index (χ1v) is 4.27. The van der Waals surface area contributed by atoms with Gasteiger partial charge in [0, 0.05) is 18.5 Å². The lowest BCUT2D eigenvalue weighted by molar-refractivity contribution is -0.122. The molecule has 1 N–H and O–H groups in total. The van der Waals surface area contributed by atoms with Gasteiger partial charge in [0.25, 0.3) is 0 Å². The molecular weight excluding hydrogens is 152 g/mol. The van der Waals surface area contributed by atoms with Crippen molar-refractivity contribution in [3.8, 4) is 0 Å². The van der Waals surface area contributed by atoms with Gasteiger partial charge < -0.3 is 10.2 Å². The first-order valence-electron chi connectivity index (χ1n) is 4.27. The van der Waals surface area contributed by atoms with Crippen molar-refractivity contribution in [1.29, 1.82) is 0 Å². The highest BCUT2D eigenvalue weighted by Gasteiger charge is 2.12. The first kappa shape index (κ1) is 11.4. The number of hydrogen-bond donors (Lipinski definition) is 1. The molecule has 0 spiro atoms. The minimum atomic E-state index is -0.108. The Morgan fingerprint density at radius 2 is 1.83 bits per heavy atom. The van der Waals surface area contributed by atoms with Crippen LogP contribution in [-0.4, -0.2) is 37.0 Å². The summed E-state index contributed by atoms with van der Waals surface area (Å²) in [5, 5.41) is 2.91.